The highest BCUT2D eigenvalue weighted by molar-refractivity contribution is 7.89. The third kappa shape index (κ3) is 4.77. The minimum atomic E-state index is -3.75. The minimum absolute atomic E-state index is 0.0418. The van der Waals surface area contributed by atoms with Gasteiger partial charge in [-0.25, -0.2) is 13.2 Å². The van der Waals surface area contributed by atoms with Crippen molar-refractivity contribution < 1.29 is 28.2 Å². The number of rotatable bonds is 8. The van der Waals surface area contributed by atoms with E-state index in [0.29, 0.717) is 5.56 Å². The average Bonchev–Trinajstić information content (AvgIpc) is 2.52. The number of amides is 1. The Balaban J connectivity index is 3.26. The molecule has 0 aromatic heterocycles. The first-order valence-electron chi connectivity index (χ1n) is 7.88. The molecule has 8 nitrogen and oxygen atoms in total. The number of sulfonamides is 1. The number of aliphatic hydroxyl groups is 1. The van der Waals surface area contributed by atoms with E-state index in [0.717, 1.165) is 0 Å². The zero-order valence-corrected chi connectivity index (χ0v) is 15.5. The topological polar surface area (TPSA) is 124 Å². The van der Waals surface area contributed by atoms with Gasteiger partial charge >= 0.3 is 5.97 Å². The fraction of sp³-hybridized carbons (Fsp3) is 0.500. The SMILES string of the molecule is CCN(CC)S(=O)(=O)c1ccc(C)c(C(=O)N[C@H](C(=O)O)[C@@H](C)O)c1. The summed E-state index contributed by atoms with van der Waals surface area (Å²) in [5.41, 5.74) is 0.533. The number of aryl methyl sites for hydroxylation is 1. The summed E-state index contributed by atoms with van der Waals surface area (Å²) in [4.78, 5) is 23.4. The molecule has 0 heterocycles. The van der Waals surface area contributed by atoms with Gasteiger partial charge in [0.2, 0.25) is 10.0 Å². The van der Waals surface area contributed by atoms with Gasteiger partial charge in [0.1, 0.15) is 0 Å². The van der Waals surface area contributed by atoms with E-state index in [-0.39, 0.29) is 23.5 Å². The van der Waals surface area contributed by atoms with Gasteiger partial charge in [-0.3, -0.25) is 4.79 Å². The van der Waals surface area contributed by atoms with Crippen molar-refractivity contribution in [3.05, 3.63) is 29.3 Å². The Morgan fingerprint density at radius 2 is 1.80 bits per heavy atom. The van der Waals surface area contributed by atoms with Crippen molar-refractivity contribution in [1.29, 1.82) is 0 Å². The van der Waals surface area contributed by atoms with Gasteiger partial charge in [-0.05, 0) is 31.5 Å². The van der Waals surface area contributed by atoms with Crippen LogP contribution in [0.4, 0.5) is 0 Å². The fourth-order valence-electron chi connectivity index (χ4n) is 2.33. The largest absolute Gasteiger partial charge is 0.480 e. The number of carbonyl (C=O) groups is 2. The molecule has 9 heteroatoms. The van der Waals surface area contributed by atoms with Gasteiger partial charge in [0.25, 0.3) is 5.91 Å². The number of aliphatic carboxylic acids is 1. The summed E-state index contributed by atoms with van der Waals surface area (Å²) in [5.74, 6) is -2.14. The van der Waals surface area contributed by atoms with Crippen LogP contribution in [0.3, 0.4) is 0 Å². The maximum atomic E-state index is 12.6. The van der Waals surface area contributed by atoms with E-state index in [1.54, 1.807) is 20.8 Å². The Kier molecular flexibility index (Phi) is 7.09. The van der Waals surface area contributed by atoms with Gasteiger partial charge < -0.3 is 15.5 Å². The average molecular weight is 372 g/mol. The second-order valence-electron chi connectivity index (χ2n) is 5.60. The molecule has 3 N–H and O–H groups in total. The smallest absolute Gasteiger partial charge is 0.328 e. The van der Waals surface area contributed by atoms with Gasteiger partial charge in [0.05, 0.1) is 11.0 Å². The standard InChI is InChI=1S/C16H24N2O6S/c1-5-18(6-2)25(23,24)12-8-7-10(3)13(9-12)15(20)17-14(11(4)19)16(21)22/h7-9,11,14,19H,5-6H2,1-4H3,(H,17,20)(H,21,22)/t11-,14+/m1/s1. The molecule has 140 valence electrons. The van der Waals surface area contributed by atoms with E-state index >= 15 is 0 Å². The first kappa shape index (κ1) is 21.1. The first-order chi connectivity index (χ1) is 11.6. The third-order valence-electron chi connectivity index (χ3n) is 3.83. The van der Waals surface area contributed by atoms with Gasteiger partial charge in [-0.1, -0.05) is 19.9 Å². The lowest BCUT2D eigenvalue weighted by atomic mass is 10.1. The van der Waals surface area contributed by atoms with E-state index < -0.39 is 34.0 Å². The van der Waals surface area contributed by atoms with Crippen molar-refractivity contribution in [2.75, 3.05) is 13.1 Å². The molecule has 25 heavy (non-hydrogen) atoms. The first-order valence-corrected chi connectivity index (χ1v) is 9.32. The number of carbonyl (C=O) groups excluding carboxylic acids is 1. The summed E-state index contributed by atoms with van der Waals surface area (Å²) < 4.78 is 26.4. The second-order valence-corrected chi connectivity index (χ2v) is 7.53. The number of hydrogen-bond donors (Lipinski definition) is 3. The number of benzene rings is 1. The van der Waals surface area contributed by atoms with E-state index in [2.05, 4.69) is 5.32 Å². The molecule has 1 amide bonds. The fourth-order valence-corrected chi connectivity index (χ4v) is 3.81. The van der Waals surface area contributed by atoms with Gasteiger partial charge in [-0.2, -0.15) is 4.31 Å². The lowest BCUT2D eigenvalue weighted by molar-refractivity contribution is -0.141. The van der Waals surface area contributed by atoms with Crippen LogP contribution in [-0.2, 0) is 14.8 Å². The Hall–Kier alpha value is -1.97. The van der Waals surface area contributed by atoms with E-state index in [9.17, 15) is 23.1 Å². The molecule has 0 fully saturated rings. The molecule has 1 aromatic rings. The molecule has 0 aliphatic carbocycles. The highest BCUT2D eigenvalue weighted by atomic mass is 32.2. The van der Waals surface area contributed by atoms with E-state index in [4.69, 9.17) is 5.11 Å². The molecule has 0 bridgehead atoms. The number of hydrogen-bond acceptors (Lipinski definition) is 5. The second kappa shape index (κ2) is 8.41. The quantitative estimate of drug-likeness (QED) is 0.613. The Morgan fingerprint density at radius 3 is 2.24 bits per heavy atom. The van der Waals surface area contributed by atoms with Crippen molar-refractivity contribution in [3.63, 3.8) is 0 Å². The summed E-state index contributed by atoms with van der Waals surface area (Å²) in [6.45, 7) is 6.86. The Bertz CT molecular complexity index is 741. The van der Waals surface area contributed by atoms with Crippen molar-refractivity contribution in [2.45, 2.75) is 44.7 Å². The van der Waals surface area contributed by atoms with Crippen molar-refractivity contribution >= 4 is 21.9 Å². The molecule has 0 aliphatic heterocycles. The number of nitrogens with one attached hydrogen (secondary N) is 1. The molecule has 0 radical (unpaired) electrons. The Morgan fingerprint density at radius 1 is 1.24 bits per heavy atom. The highest BCUT2D eigenvalue weighted by Gasteiger charge is 2.27. The van der Waals surface area contributed by atoms with Crippen LogP contribution in [0.2, 0.25) is 0 Å². The van der Waals surface area contributed by atoms with Crippen LogP contribution < -0.4 is 5.32 Å². The van der Waals surface area contributed by atoms with Crippen LogP contribution in [0.15, 0.2) is 23.1 Å². The molecule has 0 saturated carbocycles. The predicted molar refractivity (Wildman–Crippen MR) is 91.9 cm³/mol. The third-order valence-corrected chi connectivity index (χ3v) is 5.88. The van der Waals surface area contributed by atoms with E-state index in [1.807, 2.05) is 0 Å². The maximum Gasteiger partial charge on any atom is 0.328 e. The lowest BCUT2D eigenvalue weighted by Crippen LogP contribution is -2.47. The Labute approximate surface area is 147 Å². The van der Waals surface area contributed by atoms with Crippen molar-refractivity contribution in [3.8, 4) is 0 Å². The molecule has 1 rings (SSSR count). The predicted octanol–water partition coefficient (Wildman–Crippen LogP) is 0.589. The number of aliphatic hydroxyl groups excluding tert-OH is 1. The zero-order valence-electron chi connectivity index (χ0n) is 14.7. The molecule has 0 spiro atoms. The number of nitrogens with zero attached hydrogens (tertiary/aromatic N) is 1. The summed E-state index contributed by atoms with van der Waals surface area (Å²) in [6.07, 6.45) is -1.30. The minimum Gasteiger partial charge on any atom is -0.480 e. The molecule has 0 unspecified atom stereocenters. The summed E-state index contributed by atoms with van der Waals surface area (Å²) in [5, 5.41) is 20.7. The summed E-state index contributed by atoms with van der Waals surface area (Å²) in [7, 11) is -3.75. The van der Waals surface area contributed by atoms with Gasteiger partial charge in [0.15, 0.2) is 6.04 Å². The molecular weight excluding hydrogens is 348 g/mol. The normalized spacial score (nSPS) is 14.2. The summed E-state index contributed by atoms with van der Waals surface area (Å²) >= 11 is 0. The number of carboxylic acids is 1. The molecule has 2 atom stereocenters. The lowest BCUT2D eigenvalue weighted by Gasteiger charge is -2.20. The van der Waals surface area contributed by atoms with Crippen LogP contribution >= 0.6 is 0 Å². The molecule has 1 aromatic carbocycles. The summed E-state index contributed by atoms with van der Waals surface area (Å²) in [6, 6.07) is 2.63. The van der Waals surface area contributed by atoms with Crippen molar-refractivity contribution in [2.24, 2.45) is 0 Å². The van der Waals surface area contributed by atoms with Crippen molar-refractivity contribution in [1.82, 2.24) is 9.62 Å². The van der Waals surface area contributed by atoms with Crippen LogP contribution in [0, 0.1) is 6.92 Å². The highest BCUT2D eigenvalue weighted by Crippen LogP contribution is 2.20. The zero-order chi connectivity index (χ0) is 19.4. The maximum absolute atomic E-state index is 12.6. The molecular formula is C16H24N2O6S. The van der Waals surface area contributed by atoms with Gasteiger partial charge in [0, 0.05) is 18.7 Å². The van der Waals surface area contributed by atoms with Crippen LogP contribution in [0.5, 0.6) is 0 Å². The van der Waals surface area contributed by atoms with Crippen LogP contribution in [0.1, 0.15) is 36.7 Å². The van der Waals surface area contributed by atoms with Gasteiger partial charge in [-0.15, -0.1) is 0 Å². The van der Waals surface area contributed by atoms with Crippen LogP contribution in [0.25, 0.3) is 0 Å². The monoisotopic (exact) mass is 372 g/mol. The molecule has 0 saturated heterocycles. The van der Waals surface area contributed by atoms with E-state index in [1.165, 1.54) is 29.4 Å². The number of carboxylic acid groups (broad SMARTS) is 1. The molecule has 0 aliphatic rings. The van der Waals surface area contributed by atoms with Crippen LogP contribution in [-0.4, -0.2) is 60.0 Å².